The first kappa shape index (κ1) is 13.1. The molecule has 1 aliphatic rings. The van der Waals surface area contributed by atoms with Crippen molar-refractivity contribution in [2.45, 2.75) is 38.6 Å². The predicted octanol–water partition coefficient (Wildman–Crippen LogP) is 3.64. The SMILES string of the molecule is CCN(C(=O)c1ccc2ccccc2n1)C1CCCC1. The molecule has 0 unspecified atom stereocenters. The largest absolute Gasteiger partial charge is 0.335 e. The van der Waals surface area contributed by atoms with Gasteiger partial charge in [0, 0.05) is 18.0 Å². The number of benzene rings is 1. The Morgan fingerprint density at radius 2 is 1.95 bits per heavy atom. The molecule has 1 aromatic carbocycles. The summed E-state index contributed by atoms with van der Waals surface area (Å²) in [7, 11) is 0. The lowest BCUT2D eigenvalue weighted by molar-refractivity contribution is 0.0688. The van der Waals surface area contributed by atoms with Gasteiger partial charge in [0.15, 0.2) is 0 Å². The Balaban J connectivity index is 1.90. The van der Waals surface area contributed by atoms with Crippen molar-refractivity contribution in [3.8, 4) is 0 Å². The van der Waals surface area contributed by atoms with Crippen LogP contribution in [-0.4, -0.2) is 28.4 Å². The topological polar surface area (TPSA) is 33.2 Å². The molecule has 0 aliphatic heterocycles. The molecule has 0 bridgehead atoms. The maximum absolute atomic E-state index is 12.7. The van der Waals surface area contributed by atoms with Crippen LogP contribution in [0.2, 0.25) is 0 Å². The highest BCUT2D eigenvalue weighted by atomic mass is 16.2. The number of hydrogen-bond acceptors (Lipinski definition) is 2. The van der Waals surface area contributed by atoms with E-state index in [9.17, 15) is 4.79 Å². The predicted molar refractivity (Wildman–Crippen MR) is 80.7 cm³/mol. The molecular formula is C17H20N2O. The molecule has 1 amide bonds. The summed E-state index contributed by atoms with van der Waals surface area (Å²) >= 11 is 0. The molecule has 0 radical (unpaired) electrons. The second-order valence-electron chi connectivity index (χ2n) is 5.42. The molecule has 1 aromatic heterocycles. The summed E-state index contributed by atoms with van der Waals surface area (Å²) in [6.07, 6.45) is 4.74. The highest BCUT2D eigenvalue weighted by molar-refractivity contribution is 5.95. The van der Waals surface area contributed by atoms with Gasteiger partial charge in [0.05, 0.1) is 5.52 Å². The van der Waals surface area contributed by atoms with E-state index in [2.05, 4.69) is 11.9 Å². The lowest BCUT2D eigenvalue weighted by Crippen LogP contribution is -2.39. The highest BCUT2D eigenvalue weighted by Crippen LogP contribution is 2.24. The molecule has 3 rings (SSSR count). The minimum absolute atomic E-state index is 0.0742. The fourth-order valence-electron chi connectivity index (χ4n) is 3.12. The summed E-state index contributed by atoms with van der Waals surface area (Å²) in [6.45, 7) is 2.81. The van der Waals surface area contributed by atoms with Gasteiger partial charge >= 0.3 is 0 Å². The number of pyridine rings is 1. The smallest absolute Gasteiger partial charge is 0.272 e. The first-order valence-electron chi connectivity index (χ1n) is 7.46. The van der Waals surface area contributed by atoms with Gasteiger partial charge in [0.25, 0.3) is 5.91 Å². The second kappa shape index (κ2) is 5.61. The van der Waals surface area contributed by atoms with Crippen LogP contribution in [0, 0.1) is 0 Å². The van der Waals surface area contributed by atoms with Crippen LogP contribution in [0.1, 0.15) is 43.1 Å². The molecule has 1 fully saturated rings. The van der Waals surface area contributed by atoms with Crippen LogP contribution in [0.25, 0.3) is 10.9 Å². The zero-order valence-electron chi connectivity index (χ0n) is 11.9. The maximum Gasteiger partial charge on any atom is 0.272 e. The maximum atomic E-state index is 12.7. The Morgan fingerprint density at radius 3 is 2.70 bits per heavy atom. The van der Waals surface area contributed by atoms with E-state index in [0.717, 1.165) is 30.3 Å². The molecule has 0 spiro atoms. The summed E-state index contributed by atoms with van der Waals surface area (Å²) in [4.78, 5) is 19.2. The molecule has 1 aliphatic carbocycles. The molecule has 1 heterocycles. The van der Waals surface area contributed by atoms with Crippen molar-refractivity contribution < 1.29 is 4.79 Å². The van der Waals surface area contributed by atoms with E-state index < -0.39 is 0 Å². The number of hydrogen-bond donors (Lipinski definition) is 0. The molecule has 0 atom stereocenters. The summed E-state index contributed by atoms with van der Waals surface area (Å²) < 4.78 is 0. The van der Waals surface area contributed by atoms with E-state index in [1.165, 1.54) is 12.8 Å². The first-order chi connectivity index (χ1) is 9.79. The van der Waals surface area contributed by atoms with Crippen LogP contribution < -0.4 is 0 Å². The highest BCUT2D eigenvalue weighted by Gasteiger charge is 2.26. The van der Waals surface area contributed by atoms with Crippen molar-refractivity contribution in [3.05, 3.63) is 42.1 Å². The number of aromatic nitrogens is 1. The Morgan fingerprint density at radius 1 is 1.20 bits per heavy atom. The Bertz CT molecular complexity index is 617. The molecule has 3 nitrogen and oxygen atoms in total. The van der Waals surface area contributed by atoms with Gasteiger partial charge in [-0.25, -0.2) is 4.98 Å². The fraction of sp³-hybridized carbons (Fsp3) is 0.412. The Labute approximate surface area is 119 Å². The molecule has 2 aromatic rings. The van der Waals surface area contributed by atoms with Crippen molar-refractivity contribution >= 4 is 16.8 Å². The van der Waals surface area contributed by atoms with Gasteiger partial charge in [0.2, 0.25) is 0 Å². The summed E-state index contributed by atoms with van der Waals surface area (Å²) in [6, 6.07) is 12.2. The molecule has 0 N–H and O–H groups in total. The fourth-order valence-corrected chi connectivity index (χ4v) is 3.12. The average Bonchev–Trinajstić information content (AvgIpc) is 3.01. The van der Waals surface area contributed by atoms with Gasteiger partial charge < -0.3 is 4.90 Å². The number of nitrogens with zero attached hydrogens (tertiary/aromatic N) is 2. The number of fused-ring (bicyclic) bond motifs is 1. The number of rotatable bonds is 3. The monoisotopic (exact) mass is 268 g/mol. The van der Waals surface area contributed by atoms with Crippen LogP contribution in [0.4, 0.5) is 0 Å². The third kappa shape index (κ3) is 2.40. The van der Waals surface area contributed by atoms with Gasteiger partial charge in [-0.1, -0.05) is 37.1 Å². The van der Waals surface area contributed by atoms with Crippen molar-refractivity contribution in [3.63, 3.8) is 0 Å². The third-order valence-electron chi connectivity index (χ3n) is 4.18. The van der Waals surface area contributed by atoms with Crippen LogP contribution in [0.3, 0.4) is 0 Å². The van der Waals surface area contributed by atoms with Crippen molar-refractivity contribution in [2.24, 2.45) is 0 Å². The quantitative estimate of drug-likeness (QED) is 0.851. The Kier molecular flexibility index (Phi) is 3.68. The van der Waals surface area contributed by atoms with E-state index in [0.29, 0.717) is 11.7 Å². The van der Waals surface area contributed by atoms with E-state index in [4.69, 9.17) is 0 Å². The summed E-state index contributed by atoms with van der Waals surface area (Å²) in [5, 5.41) is 1.08. The van der Waals surface area contributed by atoms with Crippen molar-refractivity contribution in [1.82, 2.24) is 9.88 Å². The number of carbonyl (C=O) groups excluding carboxylic acids is 1. The van der Waals surface area contributed by atoms with Crippen LogP contribution >= 0.6 is 0 Å². The second-order valence-corrected chi connectivity index (χ2v) is 5.42. The van der Waals surface area contributed by atoms with Gasteiger partial charge in [-0.05, 0) is 31.9 Å². The van der Waals surface area contributed by atoms with Gasteiger partial charge in [0.1, 0.15) is 5.69 Å². The van der Waals surface area contributed by atoms with Gasteiger partial charge in [-0.15, -0.1) is 0 Å². The molecule has 0 saturated heterocycles. The van der Waals surface area contributed by atoms with E-state index in [1.54, 1.807) is 0 Å². The average molecular weight is 268 g/mol. The Hall–Kier alpha value is -1.90. The summed E-state index contributed by atoms with van der Waals surface area (Å²) in [5.74, 6) is 0.0742. The van der Waals surface area contributed by atoms with Gasteiger partial charge in [-0.3, -0.25) is 4.79 Å². The number of amides is 1. The number of carbonyl (C=O) groups is 1. The molecule has 20 heavy (non-hydrogen) atoms. The third-order valence-corrected chi connectivity index (χ3v) is 4.18. The van der Waals surface area contributed by atoms with Crippen LogP contribution in [0.5, 0.6) is 0 Å². The zero-order chi connectivity index (χ0) is 13.9. The molecule has 3 heteroatoms. The summed E-state index contributed by atoms with van der Waals surface area (Å²) in [5.41, 5.74) is 1.46. The van der Waals surface area contributed by atoms with Crippen molar-refractivity contribution in [1.29, 1.82) is 0 Å². The molecular weight excluding hydrogens is 248 g/mol. The molecule has 104 valence electrons. The minimum atomic E-state index is 0.0742. The minimum Gasteiger partial charge on any atom is -0.335 e. The van der Waals surface area contributed by atoms with Crippen LogP contribution in [-0.2, 0) is 0 Å². The molecule has 1 saturated carbocycles. The normalized spacial score (nSPS) is 15.7. The first-order valence-corrected chi connectivity index (χ1v) is 7.46. The van der Waals surface area contributed by atoms with E-state index >= 15 is 0 Å². The lowest BCUT2D eigenvalue weighted by Gasteiger charge is -2.27. The standard InChI is InChI=1S/C17H20N2O/c1-2-19(14-8-4-5-9-14)17(20)16-12-11-13-7-3-6-10-15(13)18-16/h3,6-7,10-12,14H,2,4-5,8-9H2,1H3. The van der Waals surface area contributed by atoms with Crippen molar-refractivity contribution in [2.75, 3.05) is 6.54 Å². The van der Waals surface area contributed by atoms with E-state index in [-0.39, 0.29) is 5.91 Å². The lowest BCUT2D eigenvalue weighted by atomic mass is 10.1. The number of para-hydroxylation sites is 1. The van der Waals surface area contributed by atoms with Crippen LogP contribution in [0.15, 0.2) is 36.4 Å². The zero-order valence-corrected chi connectivity index (χ0v) is 11.9. The van der Waals surface area contributed by atoms with Gasteiger partial charge in [-0.2, -0.15) is 0 Å². The van der Waals surface area contributed by atoms with E-state index in [1.807, 2.05) is 41.3 Å².